The van der Waals surface area contributed by atoms with Crippen molar-refractivity contribution >= 4 is 5.69 Å². The van der Waals surface area contributed by atoms with E-state index in [-0.39, 0.29) is 6.61 Å². The summed E-state index contributed by atoms with van der Waals surface area (Å²) in [6.45, 7) is 3.39. The summed E-state index contributed by atoms with van der Waals surface area (Å²) in [5.74, 6) is 0. The fourth-order valence-corrected chi connectivity index (χ4v) is 1.51. The monoisotopic (exact) mass is 207 g/mol. The molecule has 0 fully saturated rings. The molecule has 0 saturated heterocycles. The second-order valence-corrected chi connectivity index (χ2v) is 3.84. The van der Waals surface area contributed by atoms with Crippen LogP contribution in [0.5, 0.6) is 0 Å². The lowest BCUT2D eigenvalue weighted by molar-refractivity contribution is 0.282. The molecule has 2 N–H and O–H groups in total. The minimum atomic E-state index is 0.122. The lowest BCUT2D eigenvalue weighted by Crippen LogP contribution is -2.01. The van der Waals surface area contributed by atoms with E-state index in [1.165, 1.54) is 25.7 Å². The van der Waals surface area contributed by atoms with Gasteiger partial charge in [0.2, 0.25) is 0 Å². The molecule has 0 bridgehead atoms. The average Bonchev–Trinajstić information content (AvgIpc) is 2.30. The van der Waals surface area contributed by atoms with Gasteiger partial charge in [0.1, 0.15) is 0 Å². The number of hydrogen-bond acceptors (Lipinski definition) is 2. The van der Waals surface area contributed by atoms with Crippen LogP contribution in [0.25, 0.3) is 0 Å². The van der Waals surface area contributed by atoms with Gasteiger partial charge in [-0.05, 0) is 24.1 Å². The topological polar surface area (TPSA) is 32.3 Å². The van der Waals surface area contributed by atoms with Gasteiger partial charge in [0.15, 0.2) is 0 Å². The fraction of sp³-hybridized carbons (Fsp3) is 0.538. The second-order valence-electron chi connectivity index (χ2n) is 3.84. The van der Waals surface area contributed by atoms with Crippen LogP contribution < -0.4 is 5.32 Å². The predicted molar refractivity (Wildman–Crippen MR) is 65.0 cm³/mol. The van der Waals surface area contributed by atoms with E-state index in [1.54, 1.807) is 0 Å². The first-order valence-electron chi connectivity index (χ1n) is 5.80. The highest BCUT2D eigenvalue weighted by Crippen LogP contribution is 2.09. The molecule has 1 rings (SSSR count). The molecule has 0 amide bonds. The number of nitrogens with one attached hydrogen (secondary N) is 1. The van der Waals surface area contributed by atoms with Gasteiger partial charge in [-0.3, -0.25) is 0 Å². The Kier molecular flexibility index (Phi) is 5.86. The van der Waals surface area contributed by atoms with Crippen LogP contribution in [0.4, 0.5) is 5.69 Å². The van der Waals surface area contributed by atoms with Crippen LogP contribution in [0, 0.1) is 0 Å². The summed E-state index contributed by atoms with van der Waals surface area (Å²) in [4.78, 5) is 0. The summed E-state index contributed by atoms with van der Waals surface area (Å²) in [5, 5.41) is 12.3. The highest BCUT2D eigenvalue weighted by molar-refractivity contribution is 5.44. The maximum atomic E-state index is 8.88. The van der Waals surface area contributed by atoms with Gasteiger partial charge in [0.05, 0.1) is 6.61 Å². The third-order valence-corrected chi connectivity index (χ3v) is 2.50. The van der Waals surface area contributed by atoms with Crippen molar-refractivity contribution in [1.29, 1.82) is 0 Å². The van der Waals surface area contributed by atoms with Crippen molar-refractivity contribution in [3.8, 4) is 0 Å². The number of unbranched alkanes of at least 4 members (excludes halogenated alkanes) is 3. The maximum Gasteiger partial charge on any atom is 0.0681 e. The molecule has 0 saturated carbocycles. The van der Waals surface area contributed by atoms with E-state index in [0.717, 1.165) is 17.8 Å². The van der Waals surface area contributed by atoms with E-state index in [9.17, 15) is 0 Å². The van der Waals surface area contributed by atoms with Gasteiger partial charge in [0.25, 0.3) is 0 Å². The SMILES string of the molecule is CCCCCCNc1ccc(CO)cc1. The lowest BCUT2D eigenvalue weighted by atomic mass is 10.2. The molecule has 15 heavy (non-hydrogen) atoms. The molecule has 0 radical (unpaired) electrons. The number of aliphatic hydroxyl groups excluding tert-OH is 1. The van der Waals surface area contributed by atoms with Crippen LogP contribution >= 0.6 is 0 Å². The van der Waals surface area contributed by atoms with Crippen LogP contribution in [0.1, 0.15) is 38.2 Å². The number of benzene rings is 1. The molecule has 2 heteroatoms. The molecular weight excluding hydrogens is 186 g/mol. The minimum Gasteiger partial charge on any atom is -0.392 e. The molecule has 0 aliphatic heterocycles. The first-order chi connectivity index (χ1) is 7.36. The molecule has 84 valence electrons. The minimum absolute atomic E-state index is 0.122. The van der Waals surface area contributed by atoms with Crippen molar-refractivity contribution in [2.75, 3.05) is 11.9 Å². The van der Waals surface area contributed by atoms with E-state index in [2.05, 4.69) is 12.2 Å². The second kappa shape index (κ2) is 7.30. The van der Waals surface area contributed by atoms with Gasteiger partial charge in [-0.1, -0.05) is 38.3 Å². The van der Waals surface area contributed by atoms with Crippen LogP contribution in [-0.4, -0.2) is 11.7 Å². The molecule has 1 aromatic carbocycles. The first kappa shape index (κ1) is 12.1. The lowest BCUT2D eigenvalue weighted by Gasteiger charge is -2.06. The van der Waals surface area contributed by atoms with Gasteiger partial charge in [-0.25, -0.2) is 0 Å². The van der Waals surface area contributed by atoms with Crippen LogP contribution in [-0.2, 0) is 6.61 Å². The Labute approximate surface area is 92.3 Å². The molecule has 0 atom stereocenters. The van der Waals surface area contributed by atoms with Gasteiger partial charge >= 0.3 is 0 Å². The average molecular weight is 207 g/mol. The molecule has 0 unspecified atom stereocenters. The standard InChI is InChI=1S/C13H21NO/c1-2-3-4-5-10-14-13-8-6-12(11-15)7-9-13/h6-9,14-15H,2-5,10-11H2,1H3. The molecule has 2 nitrogen and oxygen atoms in total. The molecule has 0 aliphatic carbocycles. The Morgan fingerprint density at radius 1 is 1.07 bits per heavy atom. The van der Waals surface area contributed by atoms with Crippen molar-refractivity contribution in [2.24, 2.45) is 0 Å². The molecular formula is C13H21NO. The maximum absolute atomic E-state index is 8.88. The van der Waals surface area contributed by atoms with E-state index >= 15 is 0 Å². The summed E-state index contributed by atoms with van der Waals surface area (Å²) in [5.41, 5.74) is 2.11. The van der Waals surface area contributed by atoms with Crippen LogP contribution in [0.15, 0.2) is 24.3 Å². The zero-order valence-electron chi connectivity index (χ0n) is 9.50. The van der Waals surface area contributed by atoms with Gasteiger partial charge in [-0.2, -0.15) is 0 Å². The Balaban J connectivity index is 2.20. The molecule has 0 spiro atoms. The molecule has 0 aromatic heterocycles. The van der Waals surface area contributed by atoms with E-state index in [0.29, 0.717) is 0 Å². The summed E-state index contributed by atoms with van der Waals surface area (Å²) < 4.78 is 0. The number of rotatable bonds is 7. The molecule has 0 aliphatic rings. The first-order valence-corrected chi connectivity index (χ1v) is 5.80. The summed E-state index contributed by atoms with van der Waals surface area (Å²) in [6, 6.07) is 7.94. The zero-order valence-corrected chi connectivity index (χ0v) is 9.50. The quantitative estimate of drug-likeness (QED) is 0.673. The van der Waals surface area contributed by atoms with Crippen molar-refractivity contribution in [3.05, 3.63) is 29.8 Å². The smallest absolute Gasteiger partial charge is 0.0681 e. The Hall–Kier alpha value is -1.02. The summed E-state index contributed by atoms with van der Waals surface area (Å²) in [6.07, 6.45) is 5.14. The predicted octanol–water partition coefficient (Wildman–Crippen LogP) is 3.17. The Morgan fingerprint density at radius 2 is 1.80 bits per heavy atom. The van der Waals surface area contributed by atoms with Gasteiger partial charge in [-0.15, -0.1) is 0 Å². The number of hydrogen-bond donors (Lipinski definition) is 2. The van der Waals surface area contributed by atoms with Crippen molar-refractivity contribution < 1.29 is 5.11 Å². The summed E-state index contributed by atoms with van der Waals surface area (Å²) >= 11 is 0. The fourth-order valence-electron chi connectivity index (χ4n) is 1.51. The van der Waals surface area contributed by atoms with Crippen molar-refractivity contribution in [3.63, 3.8) is 0 Å². The van der Waals surface area contributed by atoms with E-state index in [1.807, 2.05) is 24.3 Å². The molecule has 1 aromatic rings. The highest BCUT2D eigenvalue weighted by atomic mass is 16.3. The van der Waals surface area contributed by atoms with E-state index in [4.69, 9.17) is 5.11 Å². The van der Waals surface area contributed by atoms with Gasteiger partial charge in [0, 0.05) is 12.2 Å². The Bertz CT molecular complexity index is 256. The van der Waals surface area contributed by atoms with Crippen LogP contribution in [0.3, 0.4) is 0 Å². The third kappa shape index (κ3) is 4.84. The largest absolute Gasteiger partial charge is 0.392 e. The zero-order chi connectivity index (χ0) is 10.9. The summed E-state index contributed by atoms with van der Waals surface area (Å²) in [7, 11) is 0. The van der Waals surface area contributed by atoms with Crippen molar-refractivity contribution in [2.45, 2.75) is 39.2 Å². The highest BCUT2D eigenvalue weighted by Gasteiger charge is 1.92. The Morgan fingerprint density at radius 3 is 2.40 bits per heavy atom. The van der Waals surface area contributed by atoms with Crippen molar-refractivity contribution in [1.82, 2.24) is 0 Å². The number of aliphatic hydroxyl groups is 1. The van der Waals surface area contributed by atoms with Gasteiger partial charge < -0.3 is 10.4 Å². The third-order valence-electron chi connectivity index (χ3n) is 2.50. The number of anilines is 1. The molecule has 0 heterocycles. The normalized spacial score (nSPS) is 10.3. The van der Waals surface area contributed by atoms with Crippen LogP contribution in [0.2, 0.25) is 0 Å². The van der Waals surface area contributed by atoms with E-state index < -0.39 is 0 Å².